The van der Waals surface area contributed by atoms with Crippen LogP contribution in [0, 0.1) is 18.3 Å². The first-order chi connectivity index (χ1) is 18.4. The molecule has 0 radical (unpaired) electrons. The summed E-state index contributed by atoms with van der Waals surface area (Å²) in [5.74, 6) is -2.49. The van der Waals surface area contributed by atoms with Gasteiger partial charge in [-0.2, -0.15) is 4.98 Å². The Morgan fingerprint density at radius 2 is 1.85 bits per heavy atom. The summed E-state index contributed by atoms with van der Waals surface area (Å²) in [4.78, 5) is 26.2. The van der Waals surface area contributed by atoms with E-state index >= 15 is 0 Å². The van der Waals surface area contributed by atoms with Gasteiger partial charge in [0.2, 0.25) is 16.0 Å². The van der Waals surface area contributed by atoms with Crippen molar-refractivity contribution in [2.75, 3.05) is 58.4 Å². The van der Waals surface area contributed by atoms with E-state index in [2.05, 4.69) is 31.8 Å². The SMILES string of the molecule is Cc1cc(NC(=O)c2ccc(NS(=O)(=O)CCO)cc2N2CCC3(C)CC3C2)nc(N2CCC(F)(F)CC2)n1. The van der Waals surface area contributed by atoms with Crippen LogP contribution < -0.4 is 19.8 Å². The summed E-state index contributed by atoms with van der Waals surface area (Å²) >= 11 is 0. The van der Waals surface area contributed by atoms with Gasteiger partial charge in [0.25, 0.3) is 11.8 Å². The van der Waals surface area contributed by atoms with Gasteiger partial charge in [-0.1, -0.05) is 6.92 Å². The fourth-order valence-electron chi connectivity index (χ4n) is 5.44. The third-order valence-corrected chi connectivity index (χ3v) is 9.28. The lowest BCUT2D eigenvalue weighted by Gasteiger charge is -2.33. The molecule has 3 fully saturated rings. The van der Waals surface area contributed by atoms with Crippen LogP contribution in [0.15, 0.2) is 24.3 Å². The number of aryl methyl sites for hydroxylation is 1. The third kappa shape index (κ3) is 6.24. The Hall–Kier alpha value is -3.06. The molecule has 1 saturated carbocycles. The number of aliphatic hydroxyl groups excluding tert-OH is 1. The maximum Gasteiger partial charge on any atom is 0.258 e. The fraction of sp³-hybridized carbons (Fsp3) is 0.577. The average molecular weight is 565 g/mol. The minimum atomic E-state index is -3.74. The molecule has 1 aromatic heterocycles. The first kappa shape index (κ1) is 27.5. The number of alkyl halides is 2. The van der Waals surface area contributed by atoms with Crippen molar-refractivity contribution in [1.29, 1.82) is 0 Å². The number of aromatic nitrogens is 2. The van der Waals surface area contributed by atoms with E-state index in [4.69, 9.17) is 5.11 Å². The van der Waals surface area contributed by atoms with Crippen LogP contribution in [0.1, 0.15) is 48.7 Å². The molecule has 2 aromatic rings. The number of hydrogen-bond acceptors (Lipinski definition) is 8. The number of anilines is 4. The molecule has 2 saturated heterocycles. The summed E-state index contributed by atoms with van der Waals surface area (Å²) < 4.78 is 54.2. The highest BCUT2D eigenvalue weighted by Gasteiger charge is 2.52. The standard InChI is InChI=1S/C26H34F2N6O4S/c1-17-13-22(31-24(29-17)33-9-6-26(27,28)7-10-33)30-23(36)20-4-3-19(32-39(37,38)12-11-35)14-21(20)34-8-5-25(2)15-18(25)16-34/h3-4,13-14,18,32,35H,5-12,15-16H2,1-2H3,(H,29,30,31,36). The molecule has 212 valence electrons. The van der Waals surface area contributed by atoms with Crippen LogP contribution in [0.2, 0.25) is 0 Å². The molecule has 5 rings (SSSR count). The van der Waals surface area contributed by atoms with Gasteiger partial charge in [0.05, 0.1) is 29.3 Å². The molecule has 3 N–H and O–H groups in total. The number of nitrogens with one attached hydrogen (secondary N) is 2. The Morgan fingerprint density at radius 3 is 2.54 bits per heavy atom. The average Bonchev–Trinajstić information content (AvgIpc) is 3.53. The van der Waals surface area contributed by atoms with E-state index in [1.54, 1.807) is 30.0 Å². The van der Waals surface area contributed by atoms with Gasteiger partial charge >= 0.3 is 0 Å². The number of fused-ring (bicyclic) bond motifs is 1. The molecule has 1 aliphatic carbocycles. The van der Waals surface area contributed by atoms with Crippen LogP contribution in [0.25, 0.3) is 0 Å². The second-order valence-corrected chi connectivity index (χ2v) is 13.0. The monoisotopic (exact) mass is 564 g/mol. The molecule has 3 heterocycles. The second kappa shape index (κ2) is 10.2. The van der Waals surface area contributed by atoms with E-state index in [1.165, 1.54) is 6.07 Å². The van der Waals surface area contributed by atoms with E-state index < -0.39 is 34.2 Å². The predicted molar refractivity (Wildman–Crippen MR) is 145 cm³/mol. The van der Waals surface area contributed by atoms with Crippen molar-refractivity contribution in [2.45, 2.75) is 45.5 Å². The van der Waals surface area contributed by atoms with Gasteiger partial charge in [-0.05, 0) is 49.3 Å². The zero-order valence-electron chi connectivity index (χ0n) is 22.1. The molecule has 2 atom stereocenters. The molecule has 10 nitrogen and oxygen atoms in total. The van der Waals surface area contributed by atoms with Gasteiger partial charge in [0.1, 0.15) is 5.82 Å². The highest BCUT2D eigenvalue weighted by molar-refractivity contribution is 7.92. The van der Waals surface area contributed by atoms with E-state index in [-0.39, 0.29) is 31.7 Å². The Bertz CT molecular complexity index is 1360. The van der Waals surface area contributed by atoms with Gasteiger partial charge in [0, 0.05) is 50.8 Å². The molecule has 0 spiro atoms. The normalized spacial score (nSPS) is 24.2. The molecule has 0 bridgehead atoms. The summed E-state index contributed by atoms with van der Waals surface area (Å²) in [6.07, 6.45) is 1.54. The largest absolute Gasteiger partial charge is 0.395 e. The highest BCUT2D eigenvalue weighted by Crippen LogP contribution is 2.58. The topological polar surface area (TPSA) is 128 Å². The number of amides is 1. The molecule has 13 heteroatoms. The molecule has 3 aliphatic rings. The maximum atomic E-state index is 13.6. The molecule has 2 unspecified atom stereocenters. The van der Waals surface area contributed by atoms with Gasteiger partial charge in [-0.25, -0.2) is 22.2 Å². The molecule has 2 aliphatic heterocycles. The van der Waals surface area contributed by atoms with Crippen LogP contribution in [0.3, 0.4) is 0 Å². The van der Waals surface area contributed by atoms with Gasteiger partial charge in [-0.15, -0.1) is 0 Å². The van der Waals surface area contributed by atoms with Crippen LogP contribution in [-0.4, -0.2) is 73.9 Å². The summed E-state index contributed by atoms with van der Waals surface area (Å²) in [5.41, 5.74) is 2.19. The number of sulfonamides is 1. The lowest BCUT2D eigenvalue weighted by molar-refractivity contribution is -0.0222. The summed E-state index contributed by atoms with van der Waals surface area (Å²) in [7, 11) is -3.74. The van der Waals surface area contributed by atoms with E-state index in [1.807, 2.05) is 0 Å². The first-order valence-electron chi connectivity index (χ1n) is 13.2. The third-order valence-electron chi connectivity index (χ3n) is 8.01. The van der Waals surface area contributed by atoms with Gasteiger partial charge in [0.15, 0.2) is 0 Å². The number of benzene rings is 1. The van der Waals surface area contributed by atoms with Gasteiger partial charge < -0.3 is 20.2 Å². The Morgan fingerprint density at radius 1 is 1.13 bits per heavy atom. The van der Waals surface area contributed by atoms with Crippen LogP contribution in [-0.2, 0) is 10.0 Å². The van der Waals surface area contributed by atoms with E-state index in [9.17, 15) is 22.0 Å². The van der Waals surface area contributed by atoms with Crippen molar-refractivity contribution < 1.29 is 27.1 Å². The first-order valence-corrected chi connectivity index (χ1v) is 14.8. The second-order valence-electron chi connectivity index (χ2n) is 11.1. The van der Waals surface area contributed by atoms with Crippen molar-refractivity contribution in [1.82, 2.24) is 9.97 Å². The zero-order chi connectivity index (χ0) is 28.0. The number of carbonyl (C=O) groups is 1. The van der Waals surface area contributed by atoms with Gasteiger partial charge in [-0.3, -0.25) is 9.52 Å². The van der Waals surface area contributed by atoms with Crippen molar-refractivity contribution in [2.24, 2.45) is 11.3 Å². The lowest BCUT2D eigenvalue weighted by atomic mass is 9.96. The quantitative estimate of drug-likeness (QED) is 0.446. The molecular weight excluding hydrogens is 530 g/mol. The van der Waals surface area contributed by atoms with E-state index in [0.717, 1.165) is 25.9 Å². The van der Waals surface area contributed by atoms with Crippen molar-refractivity contribution >= 4 is 39.1 Å². The number of halogens is 2. The predicted octanol–water partition coefficient (Wildman–Crippen LogP) is 3.24. The fourth-order valence-corrected chi connectivity index (χ4v) is 6.27. The Labute approximate surface area is 226 Å². The Kier molecular flexibility index (Phi) is 7.17. The summed E-state index contributed by atoms with van der Waals surface area (Å²) in [6.45, 7) is 5.25. The smallest absolute Gasteiger partial charge is 0.258 e. The van der Waals surface area contributed by atoms with Crippen molar-refractivity contribution in [3.8, 4) is 0 Å². The van der Waals surface area contributed by atoms with Crippen LogP contribution in [0.4, 0.5) is 31.9 Å². The van der Waals surface area contributed by atoms with Crippen molar-refractivity contribution in [3.63, 3.8) is 0 Å². The minimum Gasteiger partial charge on any atom is -0.395 e. The minimum absolute atomic E-state index is 0.122. The number of nitrogens with zero attached hydrogens (tertiary/aromatic N) is 4. The number of hydrogen-bond donors (Lipinski definition) is 3. The number of rotatable bonds is 8. The zero-order valence-corrected chi connectivity index (χ0v) is 22.9. The molecule has 1 aromatic carbocycles. The summed E-state index contributed by atoms with van der Waals surface area (Å²) in [5, 5.41) is 11.9. The van der Waals surface area contributed by atoms with Crippen LogP contribution >= 0.6 is 0 Å². The number of aliphatic hydroxyl groups is 1. The molecule has 39 heavy (non-hydrogen) atoms. The Balaban J connectivity index is 1.40. The van der Waals surface area contributed by atoms with Crippen molar-refractivity contribution in [3.05, 3.63) is 35.5 Å². The van der Waals surface area contributed by atoms with E-state index in [0.29, 0.717) is 39.9 Å². The molecule has 1 amide bonds. The number of carbonyl (C=O) groups excluding carboxylic acids is 1. The number of piperidine rings is 2. The molecular formula is C26H34F2N6O4S. The highest BCUT2D eigenvalue weighted by atomic mass is 32.2. The lowest BCUT2D eigenvalue weighted by Crippen LogP contribution is -2.40. The summed E-state index contributed by atoms with van der Waals surface area (Å²) in [6, 6.07) is 6.36. The maximum absolute atomic E-state index is 13.6. The van der Waals surface area contributed by atoms with Crippen LogP contribution in [0.5, 0.6) is 0 Å².